The lowest BCUT2D eigenvalue weighted by Crippen LogP contribution is -2.44. The van der Waals surface area contributed by atoms with E-state index in [-0.39, 0.29) is 11.8 Å². The predicted molar refractivity (Wildman–Crippen MR) is 137 cm³/mol. The minimum atomic E-state index is -1.03. The lowest BCUT2D eigenvalue weighted by Gasteiger charge is -2.23. The Morgan fingerprint density at radius 3 is 2.63 bits per heavy atom. The van der Waals surface area contributed by atoms with Crippen LogP contribution in [-0.4, -0.2) is 47.6 Å². The third-order valence-corrected chi connectivity index (χ3v) is 6.92. The topological polar surface area (TPSA) is 78.9 Å². The zero-order chi connectivity index (χ0) is 24.8. The van der Waals surface area contributed by atoms with E-state index in [0.717, 1.165) is 43.2 Å². The summed E-state index contributed by atoms with van der Waals surface area (Å²) in [5.41, 5.74) is 3.89. The SMILES string of the molecule is CC(C)C(NC(=O)c1ccc2c(c1)Cc1cccc(c1)CN(CC1CC1)CCCCCO2)C(=O)O. The summed E-state index contributed by atoms with van der Waals surface area (Å²) >= 11 is 0. The molecule has 2 N–H and O–H groups in total. The van der Waals surface area contributed by atoms with Gasteiger partial charge >= 0.3 is 5.97 Å². The molecule has 1 amide bonds. The molecule has 1 fully saturated rings. The molecular weight excluding hydrogens is 440 g/mol. The van der Waals surface area contributed by atoms with Gasteiger partial charge in [0, 0.05) is 25.1 Å². The maximum atomic E-state index is 12.9. The van der Waals surface area contributed by atoms with E-state index in [2.05, 4.69) is 34.5 Å². The Hall–Kier alpha value is -2.86. The van der Waals surface area contributed by atoms with E-state index < -0.39 is 12.0 Å². The maximum Gasteiger partial charge on any atom is 0.326 e. The van der Waals surface area contributed by atoms with E-state index in [1.165, 1.54) is 36.9 Å². The number of carboxylic acid groups (broad SMARTS) is 1. The fourth-order valence-electron chi connectivity index (χ4n) is 4.75. The van der Waals surface area contributed by atoms with Gasteiger partial charge in [-0.25, -0.2) is 4.79 Å². The number of ether oxygens (including phenoxy) is 1. The van der Waals surface area contributed by atoms with Crippen molar-refractivity contribution in [3.8, 4) is 5.75 Å². The Kier molecular flexibility index (Phi) is 8.45. The molecule has 1 heterocycles. The Balaban J connectivity index is 1.57. The fraction of sp³-hybridized carbons (Fsp3) is 0.517. The summed E-state index contributed by atoms with van der Waals surface area (Å²) in [5.74, 6) is 0.0471. The van der Waals surface area contributed by atoms with Crippen molar-refractivity contribution in [3.63, 3.8) is 0 Å². The summed E-state index contributed by atoms with van der Waals surface area (Å²) in [6, 6.07) is 13.2. The summed E-state index contributed by atoms with van der Waals surface area (Å²) in [7, 11) is 0. The van der Waals surface area contributed by atoms with Crippen molar-refractivity contribution < 1.29 is 19.4 Å². The Labute approximate surface area is 208 Å². The van der Waals surface area contributed by atoms with Gasteiger partial charge < -0.3 is 15.2 Å². The van der Waals surface area contributed by atoms with Gasteiger partial charge in [-0.2, -0.15) is 0 Å². The molecule has 2 aliphatic rings. The van der Waals surface area contributed by atoms with Crippen LogP contribution in [0, 0.1) is 11.8 Å². The molecule has 6 heteroatoms. The van der Waals surface area contributed by atoms with Gasteiger partial charge in [-0.15, -0.1) is 0 Å². The van der Waals surface area contributed by atoms with Gasteiger partial charge in [-0.3, -0.25) is 9.69 Å². The third kappa shape index (κ3) is 7.31. The van der Waals surface area contributed by atoms with Crippen LogP contribution >= 0.6 is 0 Å². The molecule has 188 valence electrons. The number of rotatable bonds is 6. The number of aliphatic carboxylic acids is 1. The quantitative estimate of drug-likeness (QED) is 0.618. The summed E-state index contributed by atoms with van der Waals surface area (Å²) in [6.45, 7) is 7.51. The standard InChI is InChI=1S/C29H38N2O4/c1-20(2)27(29(33)34)30-28(32)24-11-12-26-25(17-24)16-22-7-6-8-23(15-22)19-31(18-21-9-10-21)13-4-3-5-14-35-26/h6-8,11-12,15,17,20-21,27H,3-5,9-10,13-14,16,18-19H2,1-2H3,(H,30,32)(H,33,34). The fourth-order valence-corrected chi connectivity index (χ4v) is 4.75. The molecule has 0 spiro atoms. The second-order valence-electron chi connectivity index (χ2n) is 10.4. The van der Waals surface area contributed by atoms with Gasteiger partial charge in [0.15, 0.2) is 0 Å². The normalized spacial score (nSPS) is 18.1. The number of nitrogens with zero attached hydrogens (tertiary/aromatic N) is 1. The Bertz CT molecular complexity index is 1030. The highest BCUT2D eigenvalue weighted by molar-refractivity contribution is 5.97. The van der Waals surface area contributed by atoms with Crippen LogP contribution in [0.25, 0.3) is 0 Å². The smallest absolute Gasteiger partial charge is 0.326 e. The highest BCUT2D eigenvalue weighted by Crippen LogP contribution is 2.31. The first kappa shape index (κ1) is 25.2. The predicted octanol–water partition coefficient (Wildman–Crippen LogP) is 4.89. The zero-order valence-electron chi connectivity index (χ0n) is 21.0. The molecule has 1 aliphatic carbocycles. The highest BCUT2D eigenvalue weighted by Gasteiger charge is 2.25. The monoisotopic (exact) mass is 478 g/mol. The molecule has 1 unspecified atom stereocenters. The van der Waals surface area contributed by atoms with Crippen LogP contribution in [0.15, 0.2) is 42.5 Å². The molecule has 2 aromatic rings. The van der Waals surface area contributed by atoms with Crippen LogP contribution in [0.2, 0.25) is 0 Å². The number of carbonyl (C=O) groups is 2. The molecule has 0 saturated heterocycles. The number of amides is 1. The van der Waals surface area contributed by atoms with Gasteiger partial charge in [0.05, 0.1) is 6.61 Å². The van der Waals surface area contributed by atoms with Crippen LogP contribution in [0.5, 0.6) is 5.75 Å². The molecule has 4 rings (SSSR count). The minimum absolute atomic E-state index is 0.209. The third-order valence-electron chi connectivity index (χ3n) is 6.92. The highest BCUT2D eigenvalue weighted by atomic mass is 16.5. The molecule has 2 aromatic carbocycles. The lowest BCUT2D eigenvalue weighted by molar-refractivity contribution is -0.140. The summed E-state index contributed by atoms with van der Waals surface area (Å²) < 4.78 is 6.16. The van der Waals surface area contributed by atoms with Gasteiger partial charge in [0.1, 0.15) is 11.8 Å². The number of nitrogens with one attached hydrogen (secondary N) is 1. The number of hydrogen-bond donors (Lipinski definition) is 2. The molecular formula is C29H38N2O4. The average molecular weight is 479 g/mol. The second kappa shape index (κ2) is 11.7. The first-order valence-electron chi connectivity index (χ1n) is 13.0. The van der Waals surface area contributed by atoms with E-state index in [1.807, 2.05) is 12.1 Å². The van der Waals surface area contributed by atoms with E-state index in [9.17, 15) is 14.7 Å². The van der Waals surface area contributed by atoms with Crippen molar-refractivity contribution in [1.82, 2.24) is 10.2 Å². The molecule has 35 heavy (non-hydrogen) atoms. The van der Waals surface area contributed by atoms with Crippen molar-refractivity contribution >= 4 is 11.9 Å². The maximum absolute atomic E-state index is 12.9. The van der Waals surface area contributed by atoms with Gasteiger partial charge in [0.2, 0.25) is 0 Å². The number of hydrogen-bond acceptors (Lipinski definition) is 4. The average Bonchev–Trinajstić information content (AvgIpc) is 3.63. The van der Waals surface area contributed by atoms with Crippen molar-refractivity contribution in [2.45, 2.75) is 65.0 Å². The summed E-state index contributed by atoms with van der Waals surface area (Å²) in [4.78, 5) is 27.1. The Morgan fingerprint density at radius 2 is 1.89 bits per heavy atom. The van der Waals surface area contributed by atoms with Crippen LogP contribution in [0.1, 0.15) is 73.0 Å². The lowest BCUT2D eigenvalue weighted by atomic mass is 9.99. The first-order valence-corrected chi connectivity index (χ1v) is 13.0. The van der Waals surface area contributed by atoms with E-state index in [1.54, 1.807) is 19.9 Å². The number of carboxylic acids is 1. The number of carbonyl (C=O) groups excluding carboxylic acids is 1. The van der Waals surface area contributed by atoms with Crippen LogP contribution < -0.4 is 10.1 Å². The largest absolute Gasteiger partial charge is 0.493 e. The van der Waals surface area contributed by atoms with Crippen molar-refractivity contribution in [3.05, 3.63) is 64.7 Å². The van der Waals surface area contributed by atoms with Gasteiger partial charge in [-0.05, 0) is 85.4 Å². The first-order chi connectivity index (χ1) is 16.9. The molecule has 0 radical (unpaired) electrons. The van der Waals surface area contributed by atoms with Gasteiger partial charge in [0.25, 0.3) is 5.91 Å². The molecule has 2 bridgehead atoms. The minimum Gasteiger partial charge on any atom is -0.493 e. The summed E-state index contributed by atoms with van der Waals surface area (Å²) in [5, 5.41) is 12.1. The van der Waals surface area contributed by atoms with E-state index in [0.29, 0.717) is 18.6 Å². The van der Waals surface area contributed by atoms with Crippen molar-refractivity contribution in [2.24, 2.45) is 11.8 Å². The number of benzene rings is 2. The molecule has 1 atom stereocenters. The van der Waals surface area contributed by atoms with Gasteiger partial charge in [-0.1, -0.05) is 38.1 Å². The molecule has 0 aromatic heterocycles. The number of fused-ring (bicyclic) bond motifs is 3. The zero-order valence-corrected chi connectivity index (χ0v) is 21.0. The Morgan fingerprint density at radius 1 is 1.09 bits per heavy atom. The molecule has 1 saturated carbocycles. The molecule has 1 aliphatic heterocycles. The van der Waals surface area contributed by atoms with Crippen LogP contribution in [0.4, 0.5) is 0 Å². The van der Waals surface area contributed by atoms with Crippen LogP contribution in [-0.2, 0) is 17.8 Å². The van der Waals surface area contributed by atoms with E-state index in [4.69, 9.17) is 4.74 Å². The van der Waals surface area contributed by atoms with Crippen molar-refractivity contribution in [1.29, 1.82) is 0 Å². The second-order valence-corrected chi connectivity index (χ2v) is 10.4. The van der Waals surface area contributed by atoms with E-state index >= 15 is 0 Å². The summed E-state index contributed by atoms with van der Waals surface area (Å²) in [6.07, 6.45) is 6.67. The van der Waals surface area contributed by atoms with Crippen LogP contribution in [0.3, 0.4) is 0 Å². The molecule has 6 nitrogen and oxygen atoms in total. The van der Waals surface area contributed by atoms with Crippen molar-refractivity contribution in [2.75, 3.05) is 19.7 Å².